The smallest absolute Gasteiger partial charge is 0.347 e. The van der Waals surface area contributed by atoms with Gasteiger partial charge in [-0.3, -0.25) is 4.79 Å². The number of imidazole rings is 1. The van der Waals surface area contributed by atoms with Crippen molar-refractivity contribution in [2.24, 2.45) is 14.1 Å². The Bertz CT molecular complexity index is 539. The fourth-order valence-electron chi connectivity index (χ4n) is 1.77. The molecule has 0 aliphatic rings. The van der Waals surface area contributed by atoms with E-state index in [1.165, 1.54) is 0 Å². The molecule has 5 nitrogen and oxygen atoms in total. The molecule has 18 heavy (non-hydrogen) atoms. The normalized spacial score (nSPS) is 10.2. The number of rotatable bonds is 3. The molecule has 1 aromatic carbocycles. The molecule has 2 aromatic rings. The molecule has 0 saturated heterocycles. The Morgan fingerprint density at radius 2 is 2.00 bits per heavy atom. The van der Waals surface area contributed by atoms with Crippen molar-refractivity contribution < 1.29 is 14.1 Å². The van der Waals surface area contributed by atoms with Crippen molar-refractivity contribution in [1.29, 1.82) is 0 Å². The van der Waals surface area contributed by atoms with E-state index in [9.17, 15) is 4.79 Å². The minimum Gasteiger partial charge on any atom is -0.497 e. The molecule has 0 bridgehead atoms. The van der Waals surface area contributed by atoms with E-state index in [1.54, 1.807) is 40.5 Å². The molecule has 1 N–H and O–H groups in total. The number of benzene rings is 1. The molecule has 0 fully saturated rings. The van der Waals surface area contributed by atoms with Crippen LogP contribution in [0.1, 0.15) is 10.6 Å². The van der Waals surface area contributed by atoms with E-state index in [2.05, 4.69) is 5.32 Å². The summed E-state index contributed by atoms with van der Waals surface area (Å²) in [5, 5.41) is 2.84. The number of anilines is 1. The molecule has 0 atom stereocenters. The average molecular weight is 246 g/mol. The molecule has 5 heteroatoms. The Kier molecular flexibility index (Phi) is 3.32. The molecule has 0 saturated carbocycles. The molecular formula is C13H16N3O2+. The van der Waals surface area contributed by atoms with E-state index in [1.807, 2.05) is 26.5 Å². The molecule has 0 unspecified atom stereocenters. The van der Waals surface area contributed by atoms with Crippen molar-refractivity contribution in [3.63, 3.8) is 0 Å². The predicted molar refractivity (Wildman–Crippen MR) is 67.5 cm³/mol. The van der Waals surface area contributed by atoms with Crippen molar-refractivity contribution in [2.75, 3.05) is 12.4 Å². The second-order valence-electron chi connectivity index (χ2n) is 4.03. The van der Waals surface area contributed by atoms with Crippen LogP contribution >= 0.6 is 0 Å². The third-order valence-corrected chi connectivity index (χ3v) is 2.73. The zero-order valence-electron chi connectivity index (χ0n) is 10.7. The van der Waals surface area contributed by atoms with Gasteiger partial charge in [-0.15, -0.1) is 0 Å². The standard InChI is InChI=1S/C13H15N3O2/c1-15-8-9-16(2)13(15)12(17)14-10-4-6-11(18-3)7-5-10/h4-9H,1-3H3/p+1. The minimum absolute atomic E-state index is 0.143. The molecule has 0 spiro atoms. The number of ether oxygens (including phenoxy) is 1. The van der Waals surface area contributed by atoms with Crippen LogP contribution in [-0.4, -0.2) is 17.6 Å². The molecular weight excluding hydrogens is 230 g/mol. The van der Waals surface area contributed by atoms with Crippen LogP contribution in [0.3, 0.4) is 0 Å². The van der Waals surface area contributed by atoms with E-state index in [0.717, 1.165) is 11.4 Å². The van der Waals surface area contributed by atoms with Crippen LogP contribution in [0, 0.1) is 0 Å². The summed E-state index contributed by atoms with van der Waals surface area (Å²) < 4.78 is 8.62. The topological polar surface area (TPSA) is 47.1 Å². The van der Waals surface area contributed by atoms with Crippen LogP contribution in [0.5, 0.6) is 5.75 Å². The van der Waals surface area contributed by atoms with E-state index in [-0.39, 0.29) is 5.91 Å². The van der Waals surface area contributed by atoms with Crippen molar-refractivity contribution in [3.05, 3.63) is 42.5 Å². The van der Waals surface area contributed by atoms with Crippen LogP contribution in [0.15, 0.2) is 36.7 Å². The fourth-order valence-corrected chi connectivity index (χ4v) is 1.77. The summed E-state index contributed by atoms with van der Waals surface area (Å²) in [6, 6.07) is 7.22. The van der Waals surface area contributed by atoms with Gasteiger partial charge in [0, 0.05) is 5.69 Å². The lowest BCUT2D eigenvalue weighted by atomic mass is 10.3. The Balaban J connectivity index is 2.16. The van der Waals surface area contributed by atoms with Crippen LogP contribution in [0.25, 0.3) is 0 Å². The van der Waals surface area contributed by atoms with Gasteiger partial charge in [0.2, 0.25) is 0 Å². The molecule has 1 aromatic heterocycles. The highest BCUT2D eigenvalue weighted by Crippen LogP contribution is 2.15. The number of carbonyl (C=O) groups excluding carboxylic acids is 1. The number of carbonyl (C=O) groups is 1. The van der Waals surface area contributed by atoms with Gasteiger partial charge in [0.05, 0.1) is 21.2 Å². The average Bonchev–Trinajstić information content (AvgIpc) is 2.70. The summed E-state index contributed by atoms with van der Waals surface area (Å²) in [4.78, 5) is 12.1. The number of aromatic nitrogens is 2. The zero-order valence-corrected chi connectivity index (χ0v) is 10.7. The van der Waals surface area contributed by atoms with Gasteiger partial charge in [0.25, 0.3) is 0 Å². The van der Waals surface area contributed by atoms with E-state index >= 15 is 0 Å². The SMILES string of the molecule is COc1ccc(NC(=O)c2n(C)cc[n+]2C)cc1. The van der Waals surface area contributed by atoms with Crippen molar-refractivity contribution in [1.82, 2.24) is 4.57 Å². The van der Waals surface area contributed by atoms with Gasteiger partial charge in [-0.1, -0.05) is 0 Å². The maximum absolute atomic E-state index is 12.1. The highest BCUT2D eigenvalue weighted by Gasteiger charge is 2.20. The van der Waals surface area contributed by atoms with E-state index in [4.69, 9.17) is 4.74 Å². The lowest BCUT2D eigenvalue weighted by Gasteiger charge is -2.04. The predicted octanol–water partition coefficient (Wildman–Crippen LogP) is 1.11. The Morgan fingerprint density at radius 1 is 1.33 bits per heavy atom. The summed E-state index contributed by atoms with van der Waals surface area (Å²) >= 11 is 0. The molecule has 0 aliphatic carbocycles. The second-order valence-corrected chi connectivity index (χ2v) is 4.03. The van der Waals surface area contributed by atoms with Crippen LogP contribution < -0.4 is 14.6 Å². The number of aryl methyl sites for hydroxylation is 2. The third kappa shape index (κ3) is 2.34. The van der Waals surface area contributed by atoms with Crippen molar-refractivity contribution in [3.8, 4) is 5.75 Å². The van der Waals surface area contributed by atoms with Crippen LogP contribution in [-0.2, 0) is 14.1 Å². The van der Waals surface area contributed by atoms with Gasteiger partial charge in [0.1, 0.15) is 18.1 Å². The molecule has 0 aliphatic heterocycles. The van der Waals surface area contributed by atoms with Gasteiger partial charge in [-0.2, -0.15) is 0 Å². The van der Waals surface area contributed by atoms with E-state index < -0.39 is 0 Å². The van der Waals surface area contributed by atoms with Gasteiger partial charge >= 0.3 is 11.7 Å². The lowest BCUT2D eigenvalue weighted by molar-refractivity contribution is -0.672. The van der Waals surface area contributed by atoms with Gasteiger partial charge in [-0.05, 0) is 24.3 Å². The highest BCUT2D eigenvalue weighted by molar-refractivity contribution is 6.00. The Morgan fingerprint density at radius 3 is 2.50 bits per heavy atom. The number of nitrogens with one attached hydrogen (secondary N) is 1. The molecule has 94 valence electrons. The molecule has 1 heterocycles. The lowest BCUT2D eigenvalue weighted by Crippen LogP contribution is -2.37. The summed E-state index contributed by atoms with van der Waals surface area (Å²) in [7, 11) is 5.28. The number of hydrogen-bond donors (Lipinski definition) is 1. The molecule has 1 amide bonds. The maximum Gasteiger partial charge on any atom is 0.347 e. The van der Waals surface area contributed by atoms with E-state index in [0.29, 0.717) is 5.82 Å². The number of nitrogens with zero attached hydrogens (tertiary/aromatic N) is 2. The first-order valence-electron chi connectivity index (χ1n) is 5.58. The van der Waals surface area contributed by atoms with Gasteiger partial charge in [-0.25, -0.2) is 9.13 Å². The zero-order chi connectivity index (χ0) is 13.1. The van der Waals surface area contributed by atoms with Crippen molar-refractivity contribution in [2.45, 2.75) is 0 Å². The maximum atomic E-state index is 12.1. The van der Waals surface area contributed by atoms with Crippen LogP contribution in [0.2, 0.25) is 0 Å². The largest absolute Gasteiger partial charge is 0.497 e. The fraction of sp³-hybridized carbons (Fsp3) is 0.231. The summed E-state index contributed by atoms with van der Waals surface area (Å²) in [6.07, 6.45) is 3.67. The Hall–Kier alpha value is -2.30. The number of amides is 1. The van der Waals surface area contributed by atoms with Crippen LogP contribution in [0.4, 0.5) is 5.69 Å². The summed E-state index contributed by atoms with van der Waals surface area (Å²) in [5.74, 6) is 1.21. The highest BCUT2D eigenvalue weighted by atomic mass is 16.5. The number of hydrogen-bond acceptors (Lipinski definition) is 2. The quantitative estimate of drug-likeness (QED) is 0.825. The van der Waals surface area contributed by atoms with Crippen molar-refractivity contribution >= 4 is 11.6 Å². The minimum atomic E-state index is -0.143. The Labute approximate surface area is 106 Å². The summed E-state index contributed by atoms with van der Waals surface area (Å²) in [6.45, 7) is 0. The van der Waals surface area contributed by atoms with Gasteiger partial charge < -0.3 is 10.1 Å². The third-order valence-electron chi connectivity index (χ3n) is 2.73. The van der Waals surface area contributed by atoms with Gasteiger partial charge in [0.15, 0.2) is 0 Å². The first-order chi connectivity index (χ1) is 8.61. The molecule has 0 radical (unpaired) electrons. The first-order valence-corrected chi connectivity index (χ1v) is 5.58. The summed E-state index contributed by atoms with van der Waals surface area (Å²) in [5.41, 5.74) is 0.738. The first kappa shape index (κ1) is 12.2. The molecule has 2 rings (SSSR count). The monoisotopic (exact) mass is 246 g/mol. The number of methoxy groups -OCH3 is 1. The second kappa shape index (κ2) is 4.91.